The molecule has 0 aliphatic carbocycles. The molecule has 0 saturated carbocycles. The smallest absolute Gasteiger partial charge is 0.200 e. The molecule has 0 aliphatic rings. The zero-order valence-corrected chi connectivity index (χ0v) is 14.4. The highest BCUT2D eigenvalue weighted by molar-refractivity contribution is 7.71. The van der Waals surface area contributed by atoms with Gasteiger partial charge in [-0.05, 0) is 48.6 Å². The van der Waals surface area contributed by atoms with E-state index in [4.69, 9.17) is 12.2 Å². The highest BCUT2D eigenvalue weighted by Gasteiger charge is 2.14. The van der Waals surface area contributed by atoms with Crippen LogP contribution < -0.4 is 0 Å². The van der Waals surface area contributed by atoms with Crippen molar-refractivity contribution < 1.29 is 0 Å². The number of H-pyrrole nitrogens is 1. The van der Waals surface area contributed by atoms with E-state index in [1.165, 1.54) is 21.9 Å². The third kappa shape index (κ3) is 2.27. The topological polar surface area (TPSA) is 33.6 Å². The summed E-state index contributed by atoms with van der Waals surface area (Å²) >= 11 is 5.54. The van der Waals surface area contributed by atoms with E-state index in [1.807, 2.05) is 16.7 Å². The summed E-state index contributed by atoms with van der Waals surface area (Å²) in [6.07, 6.45) is 0. The Morgan fingerprint density at radius 1 is 0.833 bits per heavy atom. The van der Waals surface area contributed by atoms with Crippen molar-refractivity contribution in [3.8, 4) is 17.1 Å². The van der Waals surface area contributed by atoms with Crippen LogP contribution in [0, 0.1) is 18.6 Å². The normalized spacial score (nSPS) is 11.1. The Morgan fingerprint density at radius 3 is 2.33 bits per heavy atom. The monoisotopic (exact) mass is 331 g/mol. The fraction of sp³-hybridized carbons (Fsp3) is 0.100. The molecule has 0 bridgehead atoms. The Hall–Kier alpha value is -2.72. The third-order valence-corrected chi connectivity index (χ3v) is 4.69. The lowest BCUT2D eigenvalue weighted by molar-refractivity contribution is 1.04. The Bertz CT molecular complexity index is 1110. The first kappa shape index (κ1) is 14.8. The molecule has 0 aliphatic heterocycles. The summed E-state index contributed by atoms with van der Waals surface area (Å²) in [7, 11) is 0. The minimum absolute atomic E-state index is 0.599. The molecule has 3 nitrogen and oxygen atoms in total. The first-order chi connectivity index (χ1) is 11.7. The quantitative estimate of drug-likeness (QED) is 0.501. The molecule has 1 heterocycles. The van der Waals surface area contributed by atoms with Crippen LogP contribution in [-0.2, 0) is 0 Å². The Balaban J connectivity index is 2.07. The number of fused-ring (bicyclic) bond motifs is 1. The van der Waals surface area contributed by atoms with Crippen LogP contribution >= 0.6 is 12.2 Å². The number of hydrogen-bond donors (Lipinski definition) is 1. The molecule has 0 fully saturated rings. The van der Waals surface area contributed by atoms with E-state index in [2.05, 4.69) is 72.6 Å². The minimum Gasteiger partial charge on any atom is -0.268 e. The molecule has 4 heteroatoms. The first-order valence-corrected chi connectivity index (χ1v) is 8.30. The van der Waals surface area contributed by atoms with Crippen LogP contribution in [0.25, 0.3) is 27.8 Å². The van der Waals surface area contributed by atoms with E-state index in [1.54, 1.807) is 0 Å². The summed E-state index contributed by atoms with van der Waals surface area (Å²) in [6, 6.07) is 20.9. The van der Waals surface area contributed by atoms with E-state index in [9.17, 15) is 0 Å². The second-order valence-corrected chi connectivity index (χ2v) is 6.34. The third-order valence-electron chi connectivity index (χ3n) is 4.42. The van der Waals surface area contributed by atoms with E-state index in [0.29, 0.717) is 4.77 Å². The van der Waals surface area contributed by atoms with Crippen molar-refractivity contribution in [3.05, 3.63) is 76.6 Å². The summed E-state index contributed by atoms with van der Waals surface area (Å²) in [6.45, 7) is 4.22. The fourth-order valence-corrected chi connectivity index (χ4v) is 3.38. The number of aryl methyl sites for hydroxylation is 2. The minimum atomic E-state index is 0.599. The lowest BCUT2D eigenvalue weighted by atomic mass is 10.0. The van der Waals surface area contributed by atoms with Crippen molar-refractivity contribution in [2.24, 2.45) is 0 Å². The number of nitrogens with one attached hydrogen (secondary N) is 1. The van der Waals surface area contributed by atoms with Gasteiger partial charge in [0.1, 0.15) is 0 Å². The highest BCUT2D eigenvalue weighted by atomic mass is 32.1. The lowest BCUT2D eigenvalue weighted by Gasteiger charge is -2.13. The van der Waals surface area contributed by atoms with Gasteiger partial charge >= 0.3 is 0 Å². The molecule has 0 amide bonds. The molecule has 0 saturated heterocycles. The van der Waals surface area contributed by atoms with Crippen LogP contribution in [0.5, 0.6) is 0 Å². The van der Waals surface area contributed by atoms with Crippen molar-refractivity contribution in [2.45, 2.75) is 13.8 Å². The van der Waals surface area contributed by atoms with Crippen LogP contribution in [0.15, 0.2) is 60.7 Å². The van der Waals surface area contributed by atoms with E-state index in [0.717, 1.165) is 17.1 Å². The number of nitrogens with zero attached hydrogens (tertiary/aromatic N) is 2. The maximum atomic E-state index is 5.54. The largest absolute Gasteiger partial charge is 0.268 e. The summed E-state index contributed by atoms with van der Waals surface area (Å²) in [5.41, 5.74) is 4.55. The number of rotatable bonds is 2. The number of benzene rings is 3. The number of hydrogen-bond acceptors (Lipinski definition) is 2. The second kappa shape index (κ2) is 5.73. The zero-order valence-electron chi connectivity index (χ0n) is 13.6. The maximum absolute atomic E-state index is 5.54. The van der Waals surface area contributed by atoms with Gasteiger partial charge in [-0.2, -0.15) is 5.10 Å². The number of aromatic amines is 1. The molecular weight excluding hydrogens is 314 g/mol. The zero-order chi connectivity index (χ0) is 16.7. The molecule has 4 rings (SSSR count). The summed E-state index contributed by atoms with van der Waals surface area (Å²) in [4.78, 5) is 0. The van der Waals surface area contributed by atoms with Crippen LogP contribution in [0.2, 0.25) is 0 Å². The van der Waals surface area contributed by atoms with Gasteiger partial charge in [-0.25, -0.2) is 0 Å². The van der Waals surface area contributed by atoms with Gasteiger partial charge in [-0.3, -0.25) is 9.67 Å². The van der Waals surface area contributed by atoms with Gasteiger partial charge < -0.3 is 0 Å². The standard InChI is InChI=1S/C20H17N3S/c1-13-7-3-4-9-16(13)19-21-22-20(24)23(19)18-12-11-14(2)15-8-5-6-10-17(15)18/h3-12H,1-2H3,(H,22,24). The van der Waals surface area contributed by atoms with Crippen LogP contribution in [0.1, 0.15) is 11.1 Å². The van der Waals surface area contributed by atoms with Crippen LogP contribution in [0.4, 0.5) is 0 Å². The average molecular weight is 331 g/mol. The van der Waals surface area contributed by atoms with E-state index in [-0.39, 0.29) is 0 Å². The van der Waals surface area contributed by atoms with Crippen molar-refractivity contribution in [3.63, 3.8) is 0 Å². The maximum Gasteiger partial charge on any atom is 0.200 e. The van der Waals surface area contributed by atoms with Gasteiger partial charge in [-0.15, -0.1) is 0 Å². The van der Waals surface area contributed by atoms with Crippen molar-refractivity contribution in [1.29, 1.82) is 0 Å². The molecule has 4 aromatic rings. The van der Waals surface area contributed by atoms with E-state index < -0.39 is 0 Å². The van der Waals surface area contributed by atoms with Crippen molar-refractivity contribution in [1.82, 2.24) is 14.8 Å². The Morgan fingerprint density at radius 2 is 1.54 bits per heavy atom. The molecule has 0 unspecified atom stereocenters. The average Bonchev–Trinajstić information content (AvgIpc) is 2.97. The molecule has 1 aromatic heterocycles. The van der Waals surface area contributed by atoms with Crippen molar-refractivity contribution in [2.75, 3.05) is 0 Å². The summed E-state index contributed by atoms with van der Waals surface area (Å²) < 4.78 is 2.63. The summed E-state index contributed by atoms with van der Waals surface area (Å²) in [5, 5.41) is 9.86. The number of aromatic nitrogens is 3. The summed E-state index contributed by atoms with van der Waals surface area (Å²) in [5.74, 6) is 0.840. The van der Waals surface area contributed by atoms with E-state index >= 15 is 0 Å². The predicted molar refractivity (Wildman–Crippen MR) is 101 cm³/mol. The van der Waals surface area contributed by atoms with Gasteiger partial charge in [-0.1, -0.05) is 54.6 Å². The molecular formula is C20H17N3S. The SMILES string of the molecule is Cc1ccccc1-c1n[nH]c(=S)n1-c1ccc(C)c2ccccc12. The van der Waals surface area contributed by atoms with Gasteiger partial charge in [0.2, 0.25) is 0 Å². The van der Waals surface area contributed by atoms with Gasteiger partial charge in [0.15, 0.2) is 10.6 Å². The first-order valence-electron chi connectivity index (χ1n) is 7.89. The Kier molecular flexibility index (Phi) is 3.54. The fourth-order valence-electron chi connectivity index (χ4n) is 3.15. The van der Waals surface area contributed by atoms with Crippen LogP contribution in [0.3, 0.4) is 0 Å². The molecule has 0 radical (unpaired) electrons. The van der Waals surface area contributed by atoms with Crippen molar-refractivity contribution >= 4 is 23.0 Å². The second-order valence-electron chi connectivity index (χ2n) is 5.95. The molecule has 0 spiro atoms. The van der Waals surface area contributed by atoms with Gasteiger partial charge in [0.05, 0.1) is 5.69 Å². The molecule has 0 atom stereocenters. The highest BCUT2D eigenvalue weighted by Crippen LogP contribution is 2.30. The predicted octanol–water partition coefficient (Wildman–Crippen LogP) is 5.37. The molecule has 3 aromatic carbocycles. The molecule has 118 valence electrons. The van der Waals surface area contributed by atoms with Gasteiger partial charge in [0.25, 0.3) is 0 Å². The van der Waals surface area contributed by atoms with Gasteiger partial charge in [0, 0.05) is 10.9 Å². The lowest BCUT2D eigenvalue weighted by Crippen LogP contribution is -2.00. The Labute approximate surface area is 145 Å². The van der Waals surface area contributed by atoms with Crippen LogP contribution in [-0.4, -0.2) is 14.8 Å². The molecule has 1 N–H and O–H groups in total. The molecule has 24 heavy (non-hydrogen) atoms.